The Hall–Kier alpha value is 1.82. The van der Waals surface area contributed by atoms with Gasteiger partial charge in [-0.15, -0.1) is 0 Å². The van der Waals surface area contributed by atoms with Crippen LogP contribution in [0.1, 0.15) is 0 Å². The van der Waals surface area contributed by atoms with Gasteiger partial charge in [0.1, 0.15) is 0 Å². The zero-order valence-electron chi connectivity index (χ0n) is 4.65. The molecular formula is CaClCuO7S+. The minimum atomic E-state index is -5.17. The van der Waals surface area contributed by atoms with Gasteiger partial charge in [0.2, 0.25) is 0 Å². The van der Waals surface area contributed by atoms with Gasteiger partial charge in [-0.3, -0.25) is 8.42 Å². The van der Waals surface area contributed by atoms with E-state index in [1.54, 1.807) is 0 Å². The number of rotatable bonds is 0. The molecule has 0 aliphatic heterocycles. The van der Waals surface area contributed by atoms with Crippen LogP contribution >= 0.6 is 0 Å². The van der Waals surface area contributed by atoms with E-state index in [2.05, 4.69) is 0 Å². The Labute approximate surface area is 106 Å². The van der Waals surface area contributed by atoms with Crippen LogP contribution in [0.5, 0.6) is 0 Å². The van der Waals surface area contributed by atoms with Crippen LogP contribution in [0, 0.1) is 10.8 Å². The summed E-state index contributed by atoms with van der Waals surface area (Å²) in [6.07, 6.45) is 0. The van der Waals surface area contributed by atoms with Gasteiger partial charge in [-0.2, -0.15) is 0 Å². The van der Waals surface area contributed by atoms with Crippen LogP contribution < -0.4 is 14.0 Å². The van der Waals surface area contributed by atoms with Crippen molar-refractivity contribution in [2.45, 2.75) is 0 Å². The molecule has 0 saturated carbocycles. The van der Waals surface area contributed by atoms with E-state index >= 15 is 0 Å². The van der Waals surface area contributed by atoms with Gasteiger partial charge in [-0.05, 0) is 0 Å². The molecule has 0 aromatic carbocycles. The molecule has 0 bridgehead atoms. The van der Waals surface area contributed by atoms with Crippen molar-refractivity contribution in [3.63, 3.8) is 0 Å². The smallest absolute Gasteiger partial charge is 0.759 e. The molecule has 0 atom stereocenters. The maximum Gasteiger partial charge on any atom is 2.00 e. The minimum Gasteiger partial charge on any atom is -0.759 e. The zero-order valence-corrected chi connectivity index (χ0v) is 9.38. The molecule has 0 amide bonds. The average molecular weight is 283 g/mol. The van der Waals surface area contributed by atoms with Crippen LogP contribution in [-0.2, 0) is 27.5 Å². The van der Waals surface area contributed by atoms with Gasteiger partial charge >= 0.3 is 54.8 Å². The summed E-state index contributed by atoms with van der Waals surface area (Å²) >= 11 is 0. The first-order valence-electron chi connectivity index (χ1n) is 1.13. The van der Waals surface area contributed by atoms with Gasteiger partial charge in [-0.25, -0.2) is 0 Å². The van der Waals surface area contributed by atoms with Gasteiger partial charge in [0.05, 0.1) is 10.8 Å². The first-order valence-corrected chi connectivity index (χ1v) is 3.39. The number of hydrogen-bond donors (Lipinski definition) is 0. The third-order valence-corrected chi connectivity index (χ3v) is 0. The van der Waals surface area contributed by atoms with E-state index in [1.807, 2.05) is 0 Å². The molecule has 0 aliphatic rings. The molecule has 11 heavy (non-hydrogen) atoms. The molecule has 0 fully saturated rings. The van der Waals surface area contributed by atoms with Crippen LogP contribution in [0.2, 0.25) is 0 Å². The fraction of sp³-hybridized carbons (Fsp3) is 0. The predicted octanol–water partition coefficient (Wildman–Crippen LogP) is -5.29. The quantitative estimate of drug-likeness (QED) is 0.245. The van der Waals surface area contributed by atoms with Crippen molar-refractivity contribution in [2.75, 3.05) is 0 Å². The number of hydrogen-bond acceptors (Lipinski definition) is 7. The monoisotopic (exact) mass is 282 g/mol. The summed E-state index contributed by atoms with van der Waals surface area (Å²) < 4.78 is 59.3. The van der Waals surface area contributed by atoms with Crippen LogP contribution in [0.15, 0.2) is 0 Å². The second kappa shape index (κ2) is 11.8. The molecule has 0 heterocycles. The van der Waals surface area contributed by atoms with Crippen LogP contribution in [0.3, 0.4) is 0 Å². The molecular weight excluding hydrogens is 283 g/mol. The van der Waals surface area contributed by atoms with Gasteiger partial charge in [-0.1, -0.05) is 0 Å². The van der Waals surface area contributed by atoms with Crippen molar-refractivity contribution in [2.24, 2.45) is 0 Å². The molecule has 0 N–H and O–H groups in total. The maximum absolute atomic E-state index is 8.52. The van der Waals surface area contributed by atoms with Crippen molar-refractivity contribution in [3.05, 3.63) is 0 Å². The van der Waals surface area contributed by atoms with Crippen LogP contribution in [-0.4, -0.2) is 55.3 Å². The van der Waals surface area contributed by atoms with E-state index < -0.39 is 21.2 Å². The normalized spacial score (nSPS) is 8.55. The third-order valence-electron chi connectivity index (χ3n) is 0. The van der Waals surface area contributed by atoms with Gasteiger partial charge in [0.15, 0.2) is 0 Å². The van der Waals surface area contributed by atoms with Gasteiger partial charge < -0.3 is 23.1 Å². The molecule has 0 aromatic heterocycles. The Morgan fingerprint density at radius 3 is 1.00 bits per heavy atom. The molecule has 0 unspecified atom stereocenters. The van der Waals surface area contributed by atoms with Crippen molar-refractivity contribution in [1.82, 2.24) is 0 Å². The fourth-order valence-corrected chi connectivity index (χ4v) is 0. The summed E-state index contributed by atoms with van der Waals surface area (Å²) in [6, 6.07) is 0. The fourth-order valence-electron chi connectivity index (χ4n) is 0. The first kappa shape index (κ1) is 23.0. The standard InChI is InChI=1S/Ca.ClO3.Cu.H2O4S/c;2-1(3)4;;1-5(2,3)4/h;;;(H2,1,2,3,4)/q+2;-1;+2;/p-2. The SMILES string of the molecule is O=S(=O)([O-])[O-].[Ca+2].[Cu+2].[O-][Cl+2]([O-])[O-]. The molecule has 7 nitrogen and oxygen atoms in total. The maximum atomic E-state index is 8.52. The Kier molecular flexibility index (Phi) is 24.7. The summed E-state index contributed by atoms with van der Waals surface area (Å²) in [4.78, 5) is 0. The topological polar surface area (TPSA) is 149 Å². The van der Waals surface area contributed by atoms with Crippen molar-refractivity contribution < 1.29 is 59.4 Å². The van der Waals surface area contributed by atoms with Gasteiger partial charge in [0, 0.05) is 10.4 Å². The van der Waals surface area contributed by atoms with E-state index in [4.69, 9.17) is 31.5 Å². The summed E-state index contributed by atoms with van der Waals surface area (Å²) in [5, 5.41) is 0. The van der Waals surface area contributed by atoms with Crippen molar-refractivity contribution >= 4 is 48.1 Å². The zero-order chi connectivity index (χ0) is 8.08. The molecule has 0 aromatic rings. The Balaban J connectivity index is -0.0000000383. The second-order valence-corrected chi connectivity index (χ2v) is 1.79. The van der Waals surface area contributed by atoms with Crippen LogP contribution in [0.4, 0.5) is 0 Å². The molecule has 1 radical (unpaired) electrons. The molecule has 11 heteroatoms. The Morgan fingerprint density at radius 1 is 1.00 bits per heavy atom. The first-order chi connectivity index (χ1) is 3.73. The van der Waals surface area contributed by atoms with E-state index in [1.165, 1.54) is 0 Å². The number of halogens is 1. The van der Waals surface area contributed by atoms with Crippen molar-refractivity contribution in [1.29, 1.82) is 0 Å². The van der Waals surface area contributed by atoms with Crippen molar-refractivity contribution in [3.8, 4) is 0 Å². The van der Waals surface area contributed by atoms with Crippen LogP contribution in [0.25, 0.3) is 0 Å². The Bertz CT molecular complexity index is 130. The van der Waals surface area contributed by atoms with E-state index in [0.29, 0.717) is 0 Å². The molecule has 0 spiro atoms. The molecule has 67 valence electrons. The molecule has 0 saturated heterocycles. The second-order valence-electron chi connectivity index (χ2n) is 0.597. The summed E-state index contributed by atoms with van der Waals surface area (Å²) in [6.45, 7) is 0. The van der Waals surface area contributed by atoms with E-state index in [9.17, 15) is 0 Å². The Morgan fingerprint density at radius 2 is 1.00 bits per heavy atom. The van der Waals surface area contributed by atoms with Gasteiger partial charge in [0.25, 0.3) is 0 Å². The molecule has 0 rings (SSSR count). The average Bonchev–Trinajstić information content (AvgIpc) is 1.19. The largest absolute Gasteiger partial charge is 2.00 e. The van der Waals surface area contributed by atoms with E-state index in [-0.39, 0.29) is 54.8 Å². The molecule has 0 aliphatic carbocycles. The summed E-state index contributed by atoms with van der Waals surface area (Å²) in [5.41, 5.74) is 0. The third kappa shape index (κ3) is 344. The minimum absolute atomic E-state index is 0. The summed E-state index contributed by atoms with van der Waals surface area (Å²) in [7, 11) is -8.02. The van der Waals surface area contributed by atoms with E-state index in [0.717, 1.165) is 0 Å². The predicted molar refractivity (Wildman–Crippen MR) is 16.2 cm³/mol. The summed E-state index contributed by atoms with van der Waals surface area (Å²) in [5.74, 6) is 0.